The molecule has 1 aliphatic heterocycles. The molecule has 1 aliphatic rings. The maximum absolute atomic E-state index is 5.28. The summed E-state index contributed by atoms with van der Waals surface area (Å²) in [6.07, 6.45) is 4.17. The van der Waals surface area contributed by atoms with Gasteiger partial charge in [0.2, 0.25) is 0 Å². The van der Waals surface area contributed by atoms with Crippen molar-refractivity contribution in [1.82, 2.24) is 15.3 Å². The Bertz CT molecular complexity index is 531. The highest BCUT2D eigenvalue weighted by Crippen LogP contribution is 2.30. The molecule has 0 bridgehead atoms. The predicted octanol–water partition coefficient (Wildman–Crippen LogP) is 3.81. The topological polar surface area (TPSA) is 52.7 Å². The number of hydrogen-bond acceptors (Lipinski definition) is 4. The number of nitrogens with zero attached hydrogens (tertiary/aromatic N) is 1. The van der Waals surface area contributed by atoms with Crippen molar-refractivity contribution in [2.45, 2.75) is 77.4 Å². The molecule has 1 aromatic heterocycles. The third kappa shape index (κ3) is 4.78. The summed E-state index contributed by atoms with van der Waals surface area (Å²) in [6.45, 7) is 11.2. The van der Waals surface area contributed by atoms with Crippen LogP contribution in [0.1, 0.15) is 59.7 Å². The molecule has 118 valence electrons. The number of H-pyrrole nitrogens is 1. The van der Waals surface area contributed by atoms with Gasteiger partial charge in [0.05, 0.1) is 0 Å². The van der Waals surface area contributed by atoms with Crippen molar-refractivity contribution in [3.05, 3.63) is 16.5 Å². The molecule has 1 saturated heterocycles. The number of anilines is 1. The number of hydrogen-bond donors (Lipinski definition) is 3. The van der Waals surface area contributed by atoms with Gasteiger partial charge in [-0.3, -0.25) is 0 Å². The van der Waals surface area contributed by atoms with Gasteiger partial charge in [0.1, 0.15) is 16.3 Å². The van der Waals surface area contributed by atoms with Gasteiger partial charge in [0.25, 0.3) is 0 Å². The van der Waals surface area contributed by atoms with Gasteiger partial charge in [-0.15, -0.1) is 0 Å². The van der Waals surface area contributed by atoms with Crippen LogP contribution in [0.2, 0.25) is 0 Å². The van der Waals surface area contributed by atoms with E-state index in [1.807, 2.05) is 6.07 Å². The fraction of sp³-hybridized carbons (Fsp3) is 0.750. The van der Waals surface area contributed by atoms with E-state index in [1.54, 1.807) is 0 Å². The number of piperidine rings is 1. The van der Waals surface area contributed by atoms with E-state index >= 15 is 0 Å². The van der Waals surface area contributed by atoms with Gasteiger partial charge < -0.3 is 15.6 Å². The van der Waals surface area contributed by atoms with E-state index in [4.69, 9.17) is 12.2 Å². The molecule has 0 amide bonds. The van der Waals surface area contributed by atoms with E-state index < -0.39 is 0 Å². The van der Waals surface area contributed by atoms with E-state index in [0.29, 0.717) is 10.7 Å². The average molecular weight is 308 g/mol. The second-order valence-corrected chi connectivity index (χ2v) is 7.89. The van der Waals surface area contributed by atoms with Crippen LogP contribution in [-0.2, 0) is 6.42 Å². The van der Waals surface area contributed by atoms with Crippen LogP contribution in [0, 0.1) is 4.64 Å². The highest BCUT2D eigenvalue weighted by Gasteiger charge is 2.37. The van der Waals surface area contributed by atoms with E-state index in [9.17, 15) is 0 Å². The second kappa shape index (κ2) is 6.05. The van der Waals surface area contributed by atoms with Crippen LogP contribution < -0.4 is 10.6 Å². The van der Waals surface area contributed by atoms with Crippen LogP contribution in [0.4, 0.5) is 5.82 Å². The quantitative estimate of drug-likeness (QED) is 0.740. The molecule has 0 radical (unpaired) electrons. The summed E-state index contributed by atoms with van der Waals surface area (Å²) in [5.74, 6) is 1.97. The standard InChI is InChI=1S/C16H28N4S/c1-6-7-12-18-13(8-14(21)19-12)17-11-9-15(2,3)20-16(4,5)10-11/h8,11,20H,6-7,9-10H2,1-5H3,(H2,17,18,19,21). The van der Waals surface area contributed by atoms with Gasteiger partial charge in [-0.25, -0.2) is 4.98 Å². The summed E-state index contributed by atoms with van der Waals surface area (Å²) in [5.41, 5.74) is 0.269. The lowest BCUT2D eigenvalue weighted by Crippen LogP contribution is -2.60. The van der Waals surface area contributed by atoms with Crippen molar-refractivity contribution in [2.75, 3.05) is 5.32 Å². The summed E-state index contributed by atoms with van der Waals surface area (Å²) < 4.78 is 0.659. The van der Waals surface area contributed by atoms with Crippen molar-refractivity contribution < 1.29 is 0 Å². The van der Waals surface area contributed by atoms with Crippen LogP contribution in [-0.4, -0.2) is 27.1 Å². The highest BCUT2D eigenvalue weighted by atomic mass is 32.1. The number of aromatic amines is 1. The van der Waals surface area contributed by atoms with Gasteiger partial charge in [-0.1, -0.05) is 19.1 Å². The van der Waals surface area contributed by atoms with Crippen LogP contribution in [0.3, 0.4) is 0 Å². The SMILES string of the molecule is CCCc1nc(=S)cc(NC2CC(C)(C)NC(C)(C)C2)[nH]1. The van der Waals surface area contributed by atoms with Gasteiger partial charge >= 0.3 is 0 Å². The molecule has 3 N–H and O–H groups in total. The molecule has 0 unspecified atom stereocenters. The third-order valence-corrected chi connectivity index (χ3v) is 4.04. The van der Waals surface area contributed by atoms with E-state index in [-0.39, 0.29) is 11.1 Å². The Morgan fingerprint density at radius 2 is 1.90 bits per heavy atom. The van der Waals surface area contributed by atoms with Crippen molar-refractivity contribution in [3.63, 3.8) is 0 Å². The van der Waals surface area contributed by atoms with Gasteiger partial charge in [-0.05, 0) is 47.0 Å². The fourth-order valence-electron chi connectivity index (χ4n) is 3.59. The summed E-state index contributed by atoms with van der Waals surface area (Å²) in [4.78, 5) is 7.76. The zero-order valence-electron chi connectivity index (χ0n) is 13.8. The Morgan fingerprint density at radius 1 is 1.29 bits per heavy atom. The van der Waals surface area contributed by atoms with Crippen LogP contribution in [0.15, 0.2) is 6.07 Å². The lowest BCUT2D eigenvalue weighted by Gasteiger charge is -2.46. The minimum Gasteiger partial charge on any atom is -0.369 e. The lowest BCUT2D eigenvalue weighted by molar-refractivity contribution is 0.170. The van der Waals surface area contributed by atoms with Crippen LogP contribution in [0.25, 0.3) is 0 Å². The Morgan fingerprint density at radius 3 is 2.48 bits per heavy atom. The first-order valence-corrected chi connectivity index (χ1v) is 8.26. The first-order chi connectivity index (χ1) is 9.69. The Labute approximate surface area is 133 Å². The summed E-state index contributed by atoms with van der Waals surface area (Å²) in [6, 6.07) is 2.36. The molecule has 0 aliphatic carbocycles. The van der Waals surface area contributed by atoms with E-state index in [0.717, 1.165) is 37.3 Å². The van der Waals surface area contributed by atoms with E-state index in [2.05, 4.69) is 55.2 Å². The molecule has 0 aromatic carbocycles. The number of aromatic nitrogens is 2. The first kappa shape index (κ1) is 16.4. The Kier molecular flexibility index (Phi) is 4.73. The predicted molar refractivity (Wildman–Crippen MR) is 91.4 cm³/mol. The third-order valence-electron chi connectivity index (χ3n) is 3.83. The lowest BCUT2D eigenvalue weighted by atomic mass is 9.79. The van der Waals surface area contributed by atoms with Gasteiger partial charge in [0.15, 0.2) is 0 Å². The van der Waals surface area contributed by atoms with Crippen molar-refractivity contribution >= 4 is 18.0 Å². The van der Waals surface area contributed by atoms with Crippen molar-refractivity contribution in [2.24, 2.45) is 0 Å². The molecule has 0 spiro atoms. The van der Waals surface area contributed by atoms with Gasteiger partial charge in [0, 0.05) is 29.6 Å². The molecule has 4 nitrogen and oxygen atoms in total. The van der Waals surface area contributed by atoms with Crippen LogP contribution >= 0.6 is 12.2 Å². The molecule has 0 saturated carbocycles. The molecule has 0 atom stereocenters. The monoisotopic (exact) mass is 308 g/mol. The number of nitrogens with one attached hydrogen (secondary N) is 3. The zero-order valence-corrected chi connectivity index (χ0v) is 14.7. The van der Waals surface area contributed by atoms with Crippen LogP contribution in [0.5, 0.6) is 0 Å². The first-order valence-electron chi connectivity index (χ1n) is 7.85. The summed E-state index contributed by atoms with van der Waals surface area (Å²) in [7, 11) is 0. The summed E-state index contributed by atoms with van der Waals surface area (Å²) in [5, 5.41) is 7.34. The summed E-state index contributed by atoms with van der Waals surface area (Å²) >= 11 is 5.28. The zero-order chi connectivity index (χ0) is 15.7. The smallest absolute Gasteiger partial charge is 0.131 e. The Balaban J connectivity index is 2.15. The van der Waals surface area contributed by atoms with Crippen molar-refractivity contribution in [1.29, 1.82) is 0 Å². The highest BCUT2D eigenvalue weighted by molar-refractivity contribution is 7.71. The molecule has 1 fully saturated rings. The molecule has 5 heteroatoms. The van der Waals surface area contributed by atoms with Crippen molar-refractivity contribution in [3.8, 4) is 0 Å². The maximum Gasteiger partial charge on any atom is 0.131 e. The molecular weight excluding hydrogens is 280 g/mol. The fourth-order valence-corrected chi connectivity index (χ4v) is 3.81. The molecular formula is C16H28N4S. The number of rotatable bonds is 4. The minimum absolute atomic E-state index is 0.134. The Hall–Kier alpha value is -0.940. The maximum atomic E-state index is 5.28. The van der Waals surface area contributed by atoms with Gasteiger partial charge in [-0.2, -0.15) is 0 Å². The largest absolute Gasteiger partial charge is 0.369 e. The molecule has 2 rings (SSSR count). The molecule has 1 aromatic rings. The number of aryl methyl sites for hydroxylation is 1. The molecule has 2 heterocycles. The normalized spacial score (nSPS) is 21.2. The minimum atomic E-state index is 0.134. The molecule has 21 heavy (non-hydrogen) atoms. The second-order valence-electron chi connectivity index (χ2n) is 7.47. The average Bonchev–Trinajstić information content (AvgIpc) is 2.23. The van der Waals surface area contributed by atoms with E-state index in [1.165, 1.54) is 0 Å².